The SMILES string of the molecule is CCCn1c(CN2c3ccc(S(N)(=O)=O)cc3C[C@H]2C)nc2cc(S(=O)(=O)N(C)C)ccc21. The molecular formula is C22H29N5O4S2. The summed E-state index contributed by atoms with van der Waals surface area (Å²) < 4.78 is 52.0. The van der Waals surface area contributed by atoms with Crippen molar-refractivity contribution >= 4 is 36.8 Å². The van der Waals surface area contributed by atoms with Crippen molar-refractivity contribution in [1.82, 2.24) is 13.9 Å². The summed E-state index contributed by atoms with van der Waals surface area (Å²) in [5.41, 5.74) is 3.42. The van der Waals surface area contributed by atoms with Gasteiger partial charge in [0.15, 0.2) is 0 Å². The van der Waals surface area contributed by atoms with Crippen molar-refractivity contribution in [3.8, 4) is 0 Å². The molecule has 0 fully saturated rings. The molecule has 2 N–H and O–H groups in total. The predicted molar refractivity (Wildman–Crippen MR) is 128 cm³/mol. The number of fused-ring (bicyclic) bond motifs is 2. The summed E-state index contributed by atoms with van der Waals surface area (Å²) >= 11 is 0. The second kappa shape index (κ2) is 8.39. The van der Waals surface area contributed by atoms with E-state index in [0.717, 1.165) is 35.6 Å². The number of nitrogens with two attached hydrogens (primary N) is 1. The first-order valence-electron chi connectivity index (χ1n) is 10.8. The van der Waals surface area contributed by atoms with Crippen molar-refractivity contribution in [2.75, 3.05) is 19.0 Å². The minimum absolute atomic E-state index is 0.114. The molecule has 1 aliphatic rings. The molecule has 2 heterocycles. The molecule has 0 unspecified atom stereocenters. The molecule has 0 spiro atoms. The highest BCUT2D eigenvalue weighted by Crippen LogP contribution is 2.35. The van der Waals surface area contributed by atoms with E-state index in [9.17, 15) is 16.8 Å². The number of aryl methyl sites for hydroxylation is 1. The van der Waals surface area contributed by atoms with Gasteiger partial charge in [-0.15, -0.1) is 0 Å². The Hall–Kier alpha value is -2.47. The number of aromatic nitrogens is 2. The third kappa shape index (κ3) is 4.25. The van der Waals surface area contributed by atoms with Crippen LogP contribution in [0.25, 0.3) is 11.0 Å². The molecule has 3 aromatic rings. The van der Waals surface area contributed by atoms with Gasteiger partial charge in [0.2, 0.25) is 20.0 Å². The second-order valence-electron chi connectivity index (χ2n) is 8.63. The Morgan fingerprint density at radius 2 is 1.79 bits per heavy atom. The first-order valence-corrected chi connectivity index (χ1v) is 13.8. The monoisotopic (exact) mass is 491 g/mol. The number of nitrogens with zero attached hydrogens (tertiary/aromatic N) is 4. The number of hydrogen-bond acceptors (Lipinski definition) is 6. The van der Waals surface area contributed by atoms with E-state index in [4.69, 9.17) is 10.1 Å². The van der Waals surface area contributed by atoms with Gasteiger partial charge in [0.25, 0.3) is 0 Å². The van der Waals surface area contributed by atoms with Crippen LogP contribution in [-0.2, 0) is 39.6 Å². The summed E-state index contributed by atoms with van der Waals surface area (Å²) in [7, 11) is -4.30. The zero-order valence-electron chi connectivity index (χ0n) is 19.2. The average Bonchev–Trinajstić information content (AvgIpc) is 3.24. The number of anilines is 1. The molecule has 0 saturated carbocycles. The van der Waals surface area contributed by atoms with E-state index in [0.29, 0.717) is 18.5 Å². The molecule has 1 atom stereocenters. The number of hydrogen-bond donors (Lipinski definition) is 1. The third-order valence-electron chi connectivity index (χ3n) is 6.07. The van der Waals surface area contributed by atoms with Crippen LogP contribution >= 0.6 is 0 Å². The van der Waals surface area contributed by atoms with E-state index in [1.165, 1.54) is 24.5 Å². The first-order chi connectivity index (χ1) is 15.4. The average molecular weight is 492 g/mol. The highest BCUT2D eigenvalue weighted by atomic mass is 32.2. The molecule has 33 heavy (non-hydrogen) atoms. The van der Waals surface area contributed by atoms with E-state index < -0.39 is 20.0 Å². The van der Waals surface area contributed by atoms with Gasteiger partial charge in [-0.2, -0.15) is 0 Å². The third-order valence-corrected chi connectivity index (χ3v) is 8.79. The number of imidazole rings is 1. The van der Waals surface area contributed by atoms with E-state index in [-0.39, 0.29) is 15.8 Å². The van der Waals surface area contributed by atoms with Gasteiger partial charge < -0.3 is 9.47 Å². The molecule has 0 bridgehead atoms. The molecule has 1 aromatic heterocycles. The fourth-order valence-electron chi connectivity index (χ4n) is 4.37. The maximum Gasteiger partial charge on any atom is 0.242 e. The van der Waals surface area contributed by atoms with Crippen molar-refractivity contribution in [3.05, 3.63) is 47.8 Å². The van der Waals surface area contributed by atoms with Crippen molar-refractivity contribution in [3.63, 3.8) is 0 Å². The fourth-order valence-corrected chi connectivity index (χ4v) is 5.85. The summed E-state index contributed by atoms with van der Waals surface area (Å²) in [5.74, 6) is 0.835. The molecule has 0 radical (unpaired) electrons. The number of benzene rings is 2. The molecule has 4 rings (SSSR count). The highest BCUT2D eigenvalue weighted by molar-refractivity contribution is 7.89. The topological polar surface area (TPSA) is 119 Å². The van der Waals surface area contributed by atoms with Gasteiger partial charge in [-0.1, -0.05) is 6.92 Å². The summed E-state index contributed by atoms with van der Waals surface area (Å²) in [4.78, 5) is 7.34. The van der Waals surface area contributed by atoms with Crippen LogP contribution in [0.2, 0.25) is 0 Å². The number of sulfonamides is 2. The minimum atomic E-state index is -3.76. The number of primary sulfonamides is 1. The largest absolute Gasteiger partial charge is 0.361 e. The molecule has 1 aliphatic heterocycles. The molecule has 11 heteroatoms. The quantitative estimate of drug-likeness (QED) is 0.542. The van der Waals surface area contributed by atoms with Gasteiger partial charge in [-0.3, -0.25) is 0 Å². The molecule has 178 valence electrons. The molecule has 0 aliphatic carbocycles. The van der Waals surface area contributed by atoms with E-state index in [2.05, 4.69) is 23.3 Å². The molecule has 2 aromatic carbocycles. The van der Waals surface area contributed by atoms with E-state index in [1.54, 1.807) is 24.3 Å². The van der Waals surface area contributed by atoms with Gasteiger partial charge in [0, 0.05) is 32.4 Å². The van der Waals surface area contributed by atoms with Crippen LogP contribution in [0.4, 0.5) is 5.69 Å². The summed E-state index contributed by atoms with van der Waals surface area (Å²) in [6.45, 7) is 5.45. The van der Waals surface area contributed by atoms with Gasteiger partial charge in [0.05, 0.1) is 27.4 Å². The van der Waals surface area contributed by atoms with Crippen LogP contribution in [0.1, 0.15) is 31.7 Å². The van der Waals surface area contributed by atoms with Crippen molar-refractivity contribution in [2.45, 2.75) is 55.6 Å². The van der Waals surface area contributed by atoms with E-state index >= 15 is 0 Å². The smallest absolute Gasteiger partial charge is 0.242 e. The first kappa shape index (κ1) is 23.7. The Labute approximate surface area is 194 Å². The lowest BCUT2D eigenvalue weighted by Crippen LogP contribution is -2.30. The normalized spacial score (nSPS) is 16.7. The summed E-state index contributed by atoms with van der Waals surface area (Å²) in [6.07, 6.45) is 1.61. The lowest BCUT2D eigenvalue weighted by Gasteiger charge is -2.25. The van der Waals surface area contributed by atoms with Crippen LogP contribution in [-0.4, -0.2) is 50.8 Å². The van der Waals surface area contributed by atoms with Crippen LogP contribution in [0.15, 0.2) is 46.2 Å². The van der Waals surface area contributed by atoms with E-state index in [1.807, 2.05) is 6.07 Å². The van der Waals surface area contributed by atoms with Gasteiger partial charge in [-0.05, 0) is 61.7 Å². The molecular weight excluding hydrogens is 462 g/mol. The maximum absolute atomic E-state index is 12.6. The fraction of sp³-hybridized carbons (Fsp3) is 0.409. The van der Waals surface area contributed by atoms with Crippen molar-refractivity contribution in [1.29, 1.82) is 0 Å². The van der Waals surface area contributed by atoms with Gasteiger partial charge in [0.1, 0.15) is 5.82 Å². The van der Waals surface area contributed by atoms with Crippen molar-refractivity contribution < 1.29 is 16.8 Å². The predicted octanol–water partition coefficient (Wildman–Crippen LogP) is 2.30. The lowest BCUT2D eigenvalue weighted by atomic mass is 10.1. The summed E-state index contributed by atoms with van der Waals surface area (Å²) in [6, 6.07) is 10.2. The minimum Gasteiger partial charge on any atom is -0.361 e. The van der Waals surface area contributed by atoms with Gasteiger partial charge in [-0.25, -0.2) is 31.3 Å². The Morgan fingerprint density at radius 3 is 2.42 bits per heavy atom. The van der Waals surface area contributed by atoms with Crippen LogP contribution in [0.3, 0.4) is 0 Å². The van der Waals surface area contributed by atoms with Crippen molar-refractivity contribution in [2.24, 2.45) is 5.14 Å². The molecule has 0 amide bonds. The second-order valence-corrected chi connectivity index (χ2v) is 12.3. The lowest BCUT2D eigenvalue weighted by molar-refractivity contribution is 0.521. The van der Waals surface area contributed by atoms with Gasteiger partial charge >= 0.3 is 0 Å². The maximum atomic E-state index is 12.6. The van der Waals surface area contributed by atoms with Crippen LogP contribution in [0, 0.1) is 0 Å². The zero-order valence-corrected chi connectivity index (χ0v) is 20.8. The Kier molecular flexibility index (Phi) is 6.02. The van der Waals surface area contributed by atoms with Crippen LogP contribution < -0.4 is 10.0 Å². The Bertz CT molecular complexity index is 1430. The zero-order chi connectivity index (χ0) is 24.1. The Morgan fingerprint density at radius 1 is 1.09 bits per heavy atom. The Balaban J connectivity index is 1.75. The molecule has 0 saturated heterocycles. The highest BCUT2D eigenvalue weighted by Gasteiger charge is 2.29. The standard InChI is InChI=1S/C22H29N5O4S2/c1-5-10-26-21-9-7-18(33(30,31)25(3)4)13-19(21)24-22(26)14-27-15(2)11-16-12-17(32(23,28)29)6-8-20(16)27/h6-9,12-13,15H,5,10-11,14H2,1-4H3,(H2,23,28,29)/t15-/m1/s1. The number of rotatable bonds is 7. The molecule has 9 nitrogen and oxygen atoms in total. The summed E-state index contributed by atoms with van der Waals surface area (Å²) in [5, 5.41) is 5.30. The van der Waals surface area contributed by atoms with Crippen LogP contribution in [0.5, 0.6) is 0 Å².